The highest BCUT2D eigenvalue weighted by atomic mass is 35.5. The molecule has 3 rings (SSSR count). The van der Waals surface area contributed by atoms with Crippen LogP contribution < -0.4 is 0 Å². The normalized spacial score (nSPS) is 11.1. The number of rotatable bonds is 3. The van der Waals surface area contributed by atoms with E-state index in [9.17, 15) is 5.26 Å². The van der Waals surface area contributed by atoms with Gasteiger partial charge in [-0.1, -0.05) is 29.8 Å². The van der Waals surface area contributed by atoms with Crippen molar-refractivity contribution in [1.29, 1.82) is 10.5 Å². The van der Waals surface area contributed by atoms with Gasteiger partial charge in [-0.3, -0.25) is 0 Å². The molecule has 132 valence electrons. The Bertz CT molecular complexity index is 1140. The fraction of sp³-hybridized carbons (Fsp3) is 0.130. The topological polar surface area (TPSA) is 52.5 Å². The predicted octanol–water partition coefficient (Wildman–Crippen LogP) is 5.99. The average Bonchev–Trinajstić information content (AvgIpc) is 2.95. The summed E-state index contributed by atoms with van der Waals surface area (Å²) in [4.78, 5) is 0. The highest BCUT2D eigenvalue weighted by molar-refractivity contribution is 6.31. The number of nitrogens with zero attached hydrogens (tertiary/aromatic N) is 3. The molecule has 0 saturated carbocycles. The predicted molar refractivity (Wildman–Crippen MR) is 110 cm³/mol. The zero-order valence-corrected chi connectivity index (χ0v) is 16.2. The van der Waals surface area contributed by atoms with Gasteiger partial charge in [0.05, 0.1) is 23.3 Å². The minimum absolute atomic E-state index is 0.522. The van der Waals surface area contributed by atoms with E-state index in [0.29, 0.717) is 11.1 Å². The van der Waals surface area contributed by atoms with E-state index in [4.69, 9.17) is 16.9 Å². The molecule has 27 heavy (non-hydrogen) atoms. The quantitative estimate of drug-likeness (QED) is 0.531. The van der Waals surface area contributed by atoms with Crippen molar-refractivity contribution in [3.63, 3.8) is 0 Å². The van der Waals surface area contributed by atoms with Gasteiger partial charge in [-0.2, -0.15) is 10.5 Å². The van der Waals surface area contributed by atoms with Crippen molar-refractivity contribution in [3.05, 3.63) is 87.2 Å². The first-order valence-corrected chi connectivity index (χ1v) is 8.90. The second-order valence-corrected chi connectivity index (χ2v) is 6.86. The Morgan fingerprint density at radius 3 is 2.48 bits per heavy atom. The fourth-order valence-electron chi connectivity index (χ4n) is 3.14. The van der Waals surface area contributed by atoms with Gasteiger partial charge >= 0.3 is 0 Å². The number of allylic oxidation sites excluding steroid dienone is 1. The fourth-order valence-corrected chi connectivity index (χ4v) is 3.32. The lowest BCUT2D eigenvalue weighted by Crippen LogP contribution is -1.99. The van der Waals surface area contributed by atoms with Crippen molar-refractivity contribution in [2.45, 2.75) is 20.8 Å². The molecule has 3 aromatic rings. The number of halogens is 1. The van der Waals surface area contributed by atoms with E-state index in [1.54, 1.807) is 18.2 Å². The molecule has 0 aliphatic carbocycles. The van der Waals surface area contributed by atoms with Crippen molar-refractivity contribution in [1.82, 2.24) is 4.57 Å². The summed E-state index contributed by atoms with van der Waals surface area (Å²) in [6.07, 6.45) is 1.87. The van der Waals surface area contributed by atoms with Crippen LogP contribution >= 0.6 is 11.6 Å². The van der Waals surface area contributed by atoms with Crippen LogP contribution in [0.5, 0.6) is 0 Å². The van der Waals surface area contributed by atoms with Gasteiger partial charge in [0.15, 0.2) is 0 Å². The second kappa shape index (κ2) is 7.54. The maximum atomic E-state index is 9.63. The molecule has 4 heteroatoms. The van der Waals surface area contributed by atoms with Crippen molar-refractivity contribution in [2.24, 2.45) is 0 Å². The number of aryl methyl sites for hydroxylation is 2. The summed E-state index contributed by atoms with van der Waals surface area (Å²) in [5, 5.41) is 19.4. The molecule has 0 N–H and O–H groups in total. The van der Waals surface area contributed by atoms with E-state index in [1.807, 2.05) is 51.1 Å². The Kier molecular flexibility index (Phi) is 5.17. The van der Waals surface area contributed by atoms with Crippen molar-refractivity contribution < 1.29 is 0 Å². The summed E-state index contributed by atoms with van der Waals surface area (Å²) in [5.74, 6) is 0. The Hall–Kier alpha value is -3.27. The van der Waals surface area contributed by atoms with Gasteiger partial charge in [0.2, 0.25) is 0 Å². The van der Waals surface area contributed by atoms with Crippen molar-refractivity contribution in [2.75, 3.05) is 0 Å². The molecule has 0 radical (unpaired) electrons. The standard InChI is InChI=1S/C23H18ClN3/c1-15-7-8-22(12-23(15)24)27-16(2)9-20(17(27)3)11-21(14-26)19-6-4-5-18(10-19)13-25/h4-12H,1-3H3. The number of hydrogen-bond acceptors (Lipinski definition) is 2. The van der Waals surface area contributed by atoms with Crippen LogP contribution in [0.2, 0.25) is 5.02 Å². The van der Waals surface area contributed by atoms with Crippen LogP contribution in [-0.2, 0) is 0 Å². The number of aromatic nitrogens is 1. The highest BCUT2D eigenvalue weighted by Crippen LogP contribution is 2.27. The van der Waals surface area contributed by atoms with Crippen LogP contribution in [0.1, 0.15) is 33.6 Å². The van der Waals surface area contributed by atoms with Crippen LogP contribution in [0.25, 0.3) is 17.3 Å². The molecule has 0 aliphatic heterocycles. The number of nitriles is 2. The zero-order valence-electron chi connectivity index (χ0n) is 15.4. The molecule has 3 nitrogen and oxygen atoms in total. The Morgan fingerprint density at radius 2 is 1.81 bits per heavy atom. The van der Waals surface area contributed by atoms with Gasteiger partial charge in [0, 0.05) is 22.1 Å². The number of hydrogen-bond donors (Lipinski definition) is 0. The van der Waals surface area contributed by atoms with Gasteiger partial charge < -0.3 is 4.57 Å². The van der Waals surface area contributed by atoms with E-state index < -0.39 is 0 Å². The number of benzene rings is 2. The lowest BCUT2D eigenvalue weighted by atomic mass is 10.0. The minimum Gasteiger partial charge on any atom is -0.318 e. The average molecular weight is 372 g/mol. The molecule has 0 saturated heterocycles. The molecule has 0 atom stereocenters. The largest absolute Gasteiger partial charge is 0.318 e. The van der Waals surface area contributed by atoms with Crippen molar-refractivity contribution >= 4 is 23.3 Å². The molecule has 0 bridgehead atoms. The maximum Gasteiger partial charge on any atom is 0.0998 e. The molecular formula is C23H18ClN3. The zero-order chi connectivity index (χ0) is 19.6. The lowest BCUT2D eigenvalue weighted by molar-refractivity contribution is 0.963. The molecule has 0 aliphatic rings. The van der Waals surface area contributed by atoms with E-state index >= 15 is 0 Å². The van der Waals surface area contributed by atoms with Gasteiger partial charge in [-0.15, -0.1) is 0 Å². The third-order valence-corrected chi connectivity index (χ3v) is 5.01. The van der Waals surface area contributed by atoms with Crippen LogP contribution in [0.15, 0.2) is 48.5 Å². The summed E-state index contributed by atoms with van der Waals surface area (Å²) in [6.45, 7) is 6.03. The van der Waals surface area contributed by atoms with E-state index in [-0.39, 0.29) is 0 Å². The summed E-state index contributed by atoms with van der Waals surface area (Å²) in [7, 11) is 0. The molecule has 1 aromatic heterocycles. The molecular weight excluding hydrogens is 354 g/mol. The first kappa shape index (κ1) is 18.5. The SMILES string of the molecule is Cc1ccc(-n2c(C)cc(C=C(C#N)c3cccc(C#N)c3)c2C)cc1Cl. The van der Waals surface area contributed by atoms with Crippen LogP contribution in [-0.4, -0.2) is 4.57 Å². The molecule has 0 unspecified atom stereocenters. The Morgan fingerprint density at radius 1 is 1.04 bits per heavy atom. The summed E-state index contributed by atoms with van der Waals surface area (Å²) < 4.78 is 2.12. The third-order valence-electron chi connectivity index (χ3n) is 4.61. The van der Waals surface area contributed by atoms with Crippen LogP contribution in [0, 0.1) is 43.4 Å². The summed E-state index contributed by atoms with van der Waals surface area (Å²) in [6, 6.07) is 19.5. The van der Waals surface area contributed by atoms with E-state index in [0.717, 1.165) is 38.8 Å². The van der Waals surface area contributed by atoms with E-state index in [1.165, 1.54) is 0 Å². The molecule has 2 aromatic carbocycles. The summed E-state index contributed by atoms with van der Waals surface area (Å²) >= 11 is 6.30. The maximum absolute atomic E-state index is 9.63. The first-order chi connectivity index (χ1) is 12.9. The molecule has 1 heterocycles. The van der Waals surface area contributed by atoms with Gasteiger partial charge in [-0.05, 0) is 73.9 Å². The molecule has 0 fully saturated rings. The van der Waals surface area contributed by atoms with Gasteiger partial charge in [-0.25, -0.2) is 0 Å². The smallest absolute Gasteiger partial charge is 0.0998 e. The van der Waals surface area contributed by atoms with Crippen molar-refractivity contribution in [3.8, 4) is 17.8 Å². The Labute approximate surface area is 164 Å². The Balaban J connectivity index is 2.10. The van der Waals surface area contributed by atoms with Gasteiger partial charge in [0.1, 0.15) is 0 Å². The highest BCUT2D eigenvalue weighted by Gasteiger charge is 2.12. The van der Waals surface area contributed by atoms with E-state index in [2.05, 4.69) is 22.8 Å². The third kappa shape index (κ3) is 3.65. The lowest BCUT2D eigenvalue weighted by Gasteiger charge is -2.11. The molecule has 0 spiro atoms. The van der Waals surface area contributed by atoms with Crippen LogP contribution in [0.4, 0.5) is 0 Å². The van der Waals surface area contributed by atoms with Gasteiger partial charge in [0.25, 0.3) is 0 Å². The monoisotopic (exact) mass is 371 g/mol. The second-order valence-electron chi connectivity index (χ2n) is 6.46. The first-order valence-electron chi connectivity index (χ1n) is 8.52. The minimum atomic E-state index is 0.522. The summed E-state index contributed by atoms with van der Waals surface area (Å²) in [5.41, 5.74) is 6.86. The van der Waals surface area contributed by atoms with Crippen LogP contribution in [0.3, 0.4) is 0 Å². The molecule has 0 amide bonds.